The lowest BCUT2D eigenvalue weighted by atomic mass is 9.77. The minimum Gasteiger partial charge on any atom is -0.481 e. The molecule has 1 saturated carbocycles. The van der Waals surface area contributed by atoms with E-state index in [4.69, 9.17) is 5.11 Å². The molecule has 2 nitrogen and oxygen atoms in total. The third-order valence-electron chi connectivity index (χ3n) is 3.72. The quantitative estimate of drug-likeness (QED) is 0.848. The van der Waals surface area contributed by atoms with E-state index in [-0.39, 0.29) is 18.3 Å². The van der Waals surface area contributed by atoms with Gasteiger partial charge in [-0.05, 0) is 48.8 Å². The number of hydrogen-bond acceptors (Lipinski definition) is 1. The predicted octanol–water partition coefficient (Wildman–Crippen LogP) is 3.85. The Kier molecular flexibility index (Phi) is 4.12. The first-order valence-corrected chi connectivity index (χ1v) is 6.33. The second kappa shape index (κ2) is 5.63. The maximum Gasteiger partial charge on any atom is 0.303 e. The van der Waals surface area contributed by atoms with Crippen molar-refractivity contribution in [3.05, 3.63) is 35.1 Å². The van der Waals surface area contributed by atoms with Crippen molar-refractivity contribution >= 4 is 5.97 Å². The Labute approximate surface area is 109 Å². The van der Waals surface area contributed by atoms with Gasteiger partial charge in [-0.15, -0.1) is 0 Å². The van der Waals surface area contributed by atoms with E-state index in [2.05, 4.69) is 0 Å². The first-order chi connectivity index (χ1) is 8.97. The Morgan fingerprint density at radius 1 is 1.21 bits per heavy atom. The molecule has 2 rings (SSSR count). The molecule has 0 amide bonds. The lowest BCUT2D eigenvalue weighted by molar-refractivity contribution is -0.138. The van der Waals surface area contributed by atoms with Crippen molar-refractivity contribution in [3.63, 3.8) is 0 Å². The highest BCUT2D eigenvalue weighted by atomic mass is 19.2. The second-order valence-electron chi connectivity index (χ2n) is 5.13. The van der Waals surface area contributed by atoms with Gasteiger partial charge in [0.2, 0.25) is 0 Å². The number of carbonyl (C=O) groups is 1. The second-order valence-corrected chi connectivity index (χ2v) is 5.13. The first-order valence-electron chi connectivity index (χ1n) is 6.33. The fourth-order valence-corrected chi connectivity index (χ4v) is 2.84. The summed E-state index contributed by atoms with van der Waals surface area (Å²) in [6.07, 6.45) is 3.04. The summed E-state index contributed by atoms with van der Waals surface area (Å²) in [5.41, 5.74) is 0.423. The molecule has 2 atom stereocenters. The molecular formula is C14H15F3O2. The van der Waals surface area contributed by atoms with E-state index in [0.29, 0.717) is 12.0 Å². The van der Waals surface area contributed by atoms with Crippen LogP contribution in [-0.2, 0) is 4.79 Å². The molecule has 1 N–H and O–H groups in total. The van der Waals surface area contributed by atoms with Crippen LogP contribution in [0.4, 0.5) is 13.2 Å². The van der Waals surface area contributed by atoms with Crippen LogP contribution in [0.2, 0.25) is 0 Å². The maximum atomic E-state index is 13.2. The van der Waals surface area contributed by atoms with Crippen molar-refractivity contribution < 1.29 is 23.1 Å². The van der Waals surface area contributed by atoms with Crippen LogP contribution in [0.1, 0.15) is 43.6 Å². The van der Waals surface area contributed by atoms with Crippen molar-refractivity contribution in [3.8, 4) is 0 Å². The molecule has 1 aromatic carbocycles. The van der Waals surface area contributed by atoms with Crippen molar-refractivity contribution in [2.75, 3.05) is 0 Å². The number of carboxylic acid groups (broad SMARTS) is 1. The highest BCUT2D eigenvalue weighted by Gasteiger charge is 2.26. The molecule has 5 heteroatoms. The zero-order chi connectivity index (χ0) is 14.0. The molecule has 1 fully saturated rings. The molecule has 1 aromatic rings. The zero-order valence-electron chi connectivity index (χ0n) is 10.3. The summed E-state index contributed by atoms with van der Waals surface area (Å²) in [6.45, 7) is 0. The highest BCUT2D eigenvalue weighted by Crippen LogP contribution is 2.38. The largest absolute Gasteiger partial charge is 0.481 e. The molecule has 0 bridgehead atoms. The normalized spacial score (nSPS) is 23.3. The summed E-state index contributed by atoms with van der Waals surface area (Å²) in [5, 5.41) is 8.78. The van der Waals surface area contributed by atoms with Crippen molar-refractivity contribution in [1.82, 2.24) is 0 Å². The molecule has 19 heavy (non-hydrogen) atoms. The average Bonchev–Trinajstić information content (AvgIpc) is 2.35. The van der Waals surface area contributed by atoms with Crippen LogP contribution in [-0.4, -0.2) is 11.1 Å². The van der Waals surface area contributed by atoms with E-state index >= 15 is 0 Å². The van der Waals surface area contributed by atoms with Crippen LogP contribution < -0.4 is 0 Å². The van der Waals surface area contributed by atoms with Crippen LogP contribution >= 0.6 is 0 Å². The van der Waals surface area contributed by atoms with Crippen LogP contribution in [0.5, 0.6) is 0 Å². The average molecular weight is 272 g/mol. The number of aliphatic carboxylic acids is 1. The van der Waals surface area contributed by atoms with Gasteiger partial charge in [-0.2, -0.15) is 0 Å². The van der Waals surface area contributed by atoms with Gasteiger partial charge in [0.1, 0.15) is 0 Å². The van der Waals surface area contributed by atoms with E-state index in [0.717, 1.165) is 31.4 Å². The van der Waals surface area contributed by atoms with Crippen molar-refractivity contribution in [2.24, 2.45) is 5.92 Å². The number of rotatable bonds is 3. The van der Waals surface area contributed by atoms with E-state index in [1.165, 1.54) is 0 Å². The molecule has 0 radical (unpaired) electrons. The standard InChI is InChI=1S/C14H15F3O2/c15-11-6-10(7-12(16)14(11)17)9-3-1-2-8(4-9)5-13(18)19/h6-9H,1-5H2,(H,18,19). The molecule has 1 aliphatic rings. The minimum absolute atomic E-state index is 0.0208. The molecule has 2 unspecified atom stereocenters. The Balaban J connectivity index is 2.15. The van der Waals surface area contributed by atoms with Crippen LogP contribution in [0.3, 0.4) is 0 Å². The summed E-state index contributed by atoms with van der Waals surface area (Å²) in [7, 11) is 0. The van der Waals surface area contributed by atoms with Gasteiger partial charge in [0.05, 0.1) is 0 Å². The molecule has 1 aliphatic carbocycles. The maximum absolute atomic E-state index is 13.2. The van der Waals surface area contributed by atoms with Gasteiger partial charge in [-0.3, -0.25) is 4.79 Å². The predicted molar refractivity (Wildman–Crippen MR) is 63.3 cm³/mol. The monoisotopic (exact) mass is 272 g/mol. The smallest absolute Gasteiger partial charge is 0.303 e. The highest BCUT2D eigenvalue weighted by molar-refractivity contribution is 5.67. The number of halogens is 3. The minimum atomic E-state index is -1.46. The van der Waals surface area contributed by atoms with Gasteiger partial charge >= 0.3 is 5.97 Å². The molecule has 0 aromatic heterocycles. The van der Waals surface area contributed by atoms with Crippen LogP contribution in [0, 0.1) is 23.4 Å². The van der Waals surface area contributed by atoms with E-state index in [9.17, 15) is 18.0 Å². The van der Waals surface area contributed by atoms with Gasteiger partial charge in [-0.25, -0.2) is 13.2 Å². The summed E-state index contributed by atoms with van der Waals surface area (Å²) < 4.78 is 39.3. The SMILES string of the molecule is O=C(O)CC1CCCC(c2cc(F)c(F)c(F)c2)C1. The first kappa shape index (κ1) is 13.9. The number of hydrogen-bond donors (Lipinski definition) is 1. The lowest BCUT2D eigenvalue weighted by Crippen LogP contribution is -2.17. The van der Waals surface area contributed by atoms with Gasteiger partial charge in [-0.1, -0.05) is 6.42 Å². The molecular weight excluding hydrogens is 257 g/mol. The van der Waals surface area contributed by atoms with Gasteiger partial charge in [0, 0.05) is 6.42 Å². The van der Waals surface area contributed by atoms with Gasteiger partial charge in [0.15, 0.2) is 17.5 Å². The fraction of sp³-hybridized carbons (Fsp3) is 0.500. The summed E-state index contributed by atoms with van der Waals surface area (Å²) in [4.78, 5) is 10.7. The molecule has 104 valence electrons. The summed E-state index contributed by atoms with van der Waals surface area (Å²) >= 11 is 0. The molecule has 0 saturated heterocycles. The summed E-state index contributed by atoms with van der Waals surface area (Å²) in [6, 6.07) is 2.04. The fourth-order valence-electron chi connectivity index (χ4n) is 2.84. The number of benzene rings is 1. The lowest BCUT2D eigenvalue weighted by Gasteiger charge is -2.28. The Bertz CT molecular complexity index is 465. The Morgan fingerprint density at radius 3 is 2.42 bits per heavy atom. The molecule has 0 heterocycles. The van der Waals surface area contributed by atoms with Gasteiger partial charge in [0.25, 0.3) is 0 Å². The van der Waals surface area contributed by atoms with Crippen molar-refractivity contribution in [1.29, 1.82) is 0 Å². The summed E-state index contributed by atoms with van der Waals surface area (Å²) in [5.74, 6) is -4.76. The van der Waals surface area contributed by atoms with Crippen LogP contribution in [0.25, 0.3) is 0 Å². The Morgan fingerprint density at radius 2 is 1.84 bits per heavy atom. The third-order valence-corrected chi connectivity index (χ3v) is 3.72. The number of carboxylic acids is 1. The van der Waals surface area contributed by atoms with Crippen molar-refractivity contribution in [2.45, 2.75) is 38.0 Å². The van der Waals surface area contributed by atoms with E-state index in [1.54, 1.807) is 0 Å². The topological polar surface area (TPSA) is 37.3 Å². The molecule has 0 spiro atoms. The van der Waals surface area contributed by atoms with E-state index in [1.807, 2.05) is 0 Å². The van der Waals surface area contributed by atoms with Crippen LogP contribution in [0.15, 0.2) is 12.1 Å². The molecule has 0 aliphatic heterocycles. The zero-order valence-corrected chi connectivity index (χ0v) is 10.3. The third kappa shape index (κ3) is 3.28. The Hall–Kier alpha value is -1.52. The van der Waals surface area contributed by atoms with Gasteiger partial charge < -0.3 is 5.11 Å². The van der Waals surface area contributed by atoms with E-state index < -0.39 is 23.4 Å².